The normalized spacial score (nSPS) is 19.0. The van der Waals surface area contributed by atoms with Crippen molar-refractivity contribution < 1.29 is 9.53 Å². The van der Waals surface area contributed by atoms with Gasteiger partial charge in [0.2, 0.25) is 17.8 Å². The number of nitrogens with one attached hydrogen (secondary N) is 2. The molecule has 1 aliphatic rings. The number of carbonyl (C=O) groups is 1. The third kappa shape index (κ3) is 2.81. The van der Waals surface area contributed by atoms with Crippen molar-refractivity contribution in [3.63, 3.8) is 0 Å². The highest BCUT2D eigenvalue weighted by atomic mass is 16.5. The number of hydrogen-bond acceptors (Lipinski definition) is 8. The van der Waals surface area contributed by atoms with Crippen LogP contribution in [0.15, 0.2) is 0 Å². The average Bonchev–Trinajstić information content (AvgIpc) is 2.42. The molecule has 0 radical (unpaired) electrons. The van der Waals surface area contributed by atoms with Crippen LogP contribution < -0.4 is 26.2 Å². The highest BCUT2D eigenvalue weighted by molar-refractivity contribution is 5.85. The highest BCUT2D eigenvalue weighted by Crippen LogP contribution is 2.18. The van der Waals surface area contributed by atoms with E-state index in [-0.39, 0.29) is 23.9 Å². The van der Waals surface area contributed by atoms with Gasteiger partial charge in [-0.3, -0.25) is 10.2 Å². The van der Waals surface area contributed by atoms with Gasteiger partial charge in [0, 0.05) is 13.1 Å². The molecule has 9 nitrogen and oxygen atoms in total. The first kappa shape index (κ1) is 13.3. The van der Waals surface area contributed by atoms with Gasteiger partial charge in [-0.2, -0.15) is 15.0 Å². The molecule has 1 saturated heterocycles. The van der Waals surface area contributed by atoms with Crippen LogP contribution in [0.2, 0.25) is 0 Å². The molecule has 104 valence electrons. The first-order valence-electron chi connectivity index (χ1n) is 6.05. The standard InChI is InChI=1S/C10H17N7O2/c1-3-19-10-14-8(16-11)13-9(15-10)17-5-4-12-7(18)6(17)2/h6H,3-5,11H2,1-2H3,(H,12,18)(H,13,14,15,16). The number of hydrogen-bond donors (Lipinski definition) is 3. The Kier molecular flexibility index (Phi) is 3.95. The Bertz CT molecular complexity index is 467. The lowest BCUT2D eigenvalue weighted by atomic mass is 10.2. The number of rotatable bonds is 4. The van der Waals surface area contributed by atoms with Crippen LogP contribution >= 0.6 is 0 Å². The summed E-state index contributed by atoms with van der Waals surface area (Å²) in [6.07, 6.45) is 0. The SMILES string of the molecule is CCOc1nc(NN)nc(N2CCNC(=O)C2C)n1. The molecule has 1 fully saturated rings. The average molecular weight is 267 g/mol. The second-order valence-corrected chi connectivity index (χ2v) is 3.98. The Morgan fingerprint density at radius 2 is 2.32 bits per heavy atom. The Morgan fingerprint density at radius 3 is 3.00 bits per heavy atom. The summed E-state index contributed by atoms with van der Waals surface area (Å²) in [6, 6.07) is -0.171. The number of nitrogen functional groups attached to an aromatic ring is 1. The van der Waals surface area contributed by atoms with E-state index < -0.39 is 0 Å². The van der Waals surface area contributed by atoms with E-state index in [1.54, 1.807) is 11.8 Å². The van der Waals surface area contributed by atoms with E-state index in [1.165, 1.54) is 0 Å². The van der Waals surface area contributed by atoms with Crippen molar-refractivity contribution in [3.05, 3.63) is 0 Å². The lowest BCUT2D eigenvalue weighted by molar-refractivity contribution is -0.122. The molecule has 9 heteroatoms. The van der Waals surface area contributed by atoms with Crippen LogP contribution in [0.4, 0.5) is 11.9 Å². The molecular formula is C10H17N7O2. The van der Waals surface area contributed by atoms with Gasteiger partial charge in [0.25, 0.3) is 0 Å². The highest BCUT2D eigenvalue weighted by Gasteiger charge is 2.28. The zero-order chi connectivity index (χ0) is 13.8. The quantitative estimate of drug-likeness (QED) is 0.464. The minimum atomic E-state index is -0.351. The Balaban J connectivity index is 2.31. The van der Waals surface area contributed by atoms with Gasteiger partial charge in [-0.05, 0) is 13.8 Å². The third-order valence-electron chi connectivity index (χ3n) is 2.76. The molecule has 1 atom stereocenters. The lowest BCUT2D eigenvalue weighted by Gasteiger charge is -2.32. The molecule has 1 unspecified atom stereocenters. The Hall–Kier alpha value is -2.16. The van der Waals surface area contributed by atoms with Gasteiger partial charge in [-0.1, -0.05) is 0 Å². The fraction of sp³-hybridized carbons (Fsp3) is 0.600. The van der Waals surface area contributed by atoms with Crippen molar-refractivity contribution in [1.82, 2.24) is 20.3 Å². The number of anilines is 2. The van der Waals surface area contributed by atoms with Crippen LogP contribution in [0.25, 0.3) is 0 Å². The fourth-order valence-electron chi connectivity index (χ4n) is 1.79. The summed E-state index contributed by atoms with van der Waals surface area (Å²) >= 11 is 0. The molecule has 1 aromatic rings. The van der Waals surface area contributed by atoms with Crippen molar-refractivity contribution in [2.75, 3.05) is 30.0 Å². The zero-order valence-corrected chi connectivity index (χ0v) is 10.9. The first-order valence-corrected chi connectivity index (χ1v) is 6.05. The second kappa shape index (κ2) is 5.65. The fourth-order valence-corrected chi connectivity index (χ4v) is 1.79. The van der Waals surface area contributed by atoms with Crippen molar-refractivity contribution in [3.8, 4) is 6.01 Å². The molecule has 2 rings (SSSR count). The minimum absolute atomic E-state index is 0.0631. The van der Waals surface area contributed by atoms with Crippen LogP contribution in [-0.4, -0.2) is 46.6 Å². The predicted molar refractivity (Wildman–Crippen MR) is 68.6 cm³/mol. The van der Waals surface area contributed by atoms with Gasteiger partial charge < -0.3 is 15.0 Å². The van der Waals surface area contributed by atoms with Gasteiger partial charge >= 0.3 is 6.01 Å². The molecule has 1 amide bonds. The summed E-state index contributed by atoms with van der Waals surface area (Å²) in [5, 5.41) is 2.78. The predicted octanol–water partition coefficient (Wildman–Crippen LogP) is -1.12. The van der Waals surface area contributed by atoms with E-state index >= 15 is 0 Å². The van der Waals surface area contributed by atoms with Gasteiger partial charge in [-0.15, -0.1) is 0 Å². The van der Waals surface area contributed by atoms with E-state index in [0.717, 1.165) is 0 Å². The van der Waals surface area contributed by atoms with Crippen LogP contribution in [0, 0.1) is 0 Å². The Labute approximate surface area is 110 Å². The third-order valence-corrected chi connectivity index (χ3v) is 2.76. The number of piperazine rings is 1. The van der Waals surface area contributed by atoms with Gasteiger partial charge in [0.1, 0.15) is 6.04 Å². The molecule has 19 heavy (non-hydrogen) atoms. The van der Waals surface area contributed by atoms with E-state index in [2.05, 4.69) is 25.7 Å². The van der Waals surface area contributed by atoms with Crippen molar-refractivity contribution in [2.45, 2.75) is 19.9 Å². The molecule has 0 saturated carbocycles. The molecule has 0 aliphatic carbocycles. The molecule has 2 heterocycles. The van der Waals surface area contributed by atoms with E-state index in [9.17, 15) is 4.79 Å². The van der Waals surface area contributed by atoms with Gasteiger partial charge in [0.05, 0.1) is 6.61 Å². The number of aromatic nitrogens is 3. The van der Waals surface area contributed by atoms with E-state index in [0.29, 0.717) is 25.6 Å². The van der Waals surface area contributed by atoms with Crippen molar-refractivity contribution >= 4 is 17.8 Å². The largest absolute Gasteiger partial charge is 0.464 e. The van der Waals surface area contributed by atoms with Gasteiger partial charge in [0.15, 0.2) is 0 Å². The number of ether oxygens (including phenoxy) is 1. The molecule has 1 aliphatic heterocycles. The summed E-state index contributed by atoms with van der Waals surface area (Å²) < 4.78 is 5.26. The lowest BCUT2D eigenvalue weighted by Crippen LogP contribution is -2.54. The second-order valence-electron chi connectivity index (χ2n) is 3.98. The monoisotopic (exact) mass is 267 g/mol. The van der Waals surface area contributed by atoms with Crippen LogP contribution in [0.1, 0.15) is 13.8 Å². The first-order chi connectivity index (χ1) is 9.15. The summed E-state index contributed by atoms with van der Waals surface area (Å²) in [7, 11) is 0. The number of amides is 1. The maximum absolute atomic E-state index is 11.6. The number of nitrogens with two attached hydrogens (primary N) is 1. The van der Waals surface area contributed by atoms with Crippen molar-refractivity contribution in [1.29, 1.82) is 0 Å². The summed E-state index contributed by atoms with van der Waals surface area (Å²) in [5.74, 6) is 5.83. The molecule has 4 N–H and O–H groups in total. The molecule has 0 aromatic carbocycles. The van der Waals surface area contributed by atoms with E-state index in [1.807, 2.05) is 6.92 Å². The number of carbonyl (C=O) groups excluding carboxylic acids is 1. The minimum Gasteiger partial charge on any atom is -0.464 e. The maximum atomic E-state index is 11.6. The summed E-state index contributed by atoms with van der Waals surface area (Å²) in [4.78, 5) is 25.7. The molecule has 0 bridgehead atoms. The van der Waals surface area contributed by atoms with E-state index in [4.69, 9.17) is 10.6 Å². The summed E-state index contributed by atoms with van der Waals surface area (Å²) in [6.45, 7) is 5.21. The Morgan fingerprint density at radius 1 is 1.53 bits per heavy atom. The number of nitrogens with zero attached hydrogens (tertiary/aromatic N) is 4. The summed E-state index contributed by atoms with van der Waals surface area (Å²) in [5.41, 5.74) is 2.36. The topological polar surface area (TPSA) is 118 Å². The smallest absolute Gasteiger partial charge is 0.323 e. The van der Waals surface area contributed by atoms with Crippen molar-refractivity contribution in [2.24, 2.45) is 5.84 Å². The van der Waals surface area contributed by atoms with Crippen LogP contribution in [0.3, 0.4) is 0 Å². The van der Waals surface area contributed by atoms with Crippen LogP contribution in [-0.2, 0) is 4.79 Å². The molecule has 0 spiro atoms. The van der Waals surface area contributed by atoms with Crippen LogP contribution in [0.5, 0.6) is 6.01 Å². The number of hydrazine groups is 1. The molecular weight excluding hydrogens is 250 g/mol. The molecule has 1 aromatic heterocycles. The maximum Gasteiger partial charge on any atom is 0.323 e. The zero-order valence-electron chi connectivity index (χ0n) is 10.9. The van der Waals surface area contributed by atoms with Gasteiger partial charge in [-0.25, -0.2) is 5.84 Å².